The van der Waals surface area contributed by atoms with Gasteiger partial charge in [0.1, 0.15) is 0 Å². The molecule has 2 rings (SSSR count). The number of hydrogen-bond donors (Lipinski definition) is 2. The Morgan fingerprint density at radius 3 is 2.50 bits per heavy atom. The van der Waals surface area contributed by atoms with E-state index in [4.69, 9.17) is 0 Å². The van der Waals surface area contributed by atoms with E-state index in [9.17, 15) is 9.90 Å². The summed E-state index contributed by atoms with van der Waals surface area (Å²) >= 11 is 0. The summed E-state index contributed by atoms with van der Waals surface area (Å²) in [5.41, 5.74) is 0.703. The van der Waals surface area contributed by atoms with Crippen LogP contribution in [0.15, 0.2) is 30.3 Å². The molecule has 2 atom stereocenters. The SMILES string of the molecule is O=C(NCC1CCCCC1CO)c1ccccc1. The number of benzene rings is 1. The molecule has 0 saturated heterocycles. The van der Waals surface area contributed by atoms with Gasteiger partial charge < -0.3 is 10.4 Å². The first-order valence-electron chi connectivity index (χ1n) is 6.75. The summed E-state index contributed by atoms with van der Waals surface area (Å²) in [7, 11) is 0. The van der Waals surface area contributed by atoms with E-state index in [1.165, 1.54) is 12.8 Å². The first kappa shape index (κ1) is 13.1. The lowest BCUT2D eigenvalue weighted by Gasteiger charge is -2.30. The highest BCUT2D eigenvalue weighted by Crippen LogP contribution is 2.29. The third-order valence-corrected chi connectivity index (χ3v) is 3.86. The molecule has 2 unspecified atom stereocenters. The molecule has 1 aromatic carbocycles. The van der Waals surface area contributed by atoms with Crippen molar-refractivity contribution in [1.29, 1.82) is 0 Å². The van der Waals surface area contributed by atoms with Gasteiger partial charge in [0.25, 0.3) is 5.91 Å². The van der Waals surface area contributed by atoms with Crippen molar-refractivity contribution in [3.63, 3.8) is 0 Å². The van der Waals surface area contributed by atoms with Gasteiger partial charge in [0.05, 0.1) is 0 Å². The maximum atomic E-state index is 11.9. The third-order valence-electron chi connectivity index (χ3n) is 3.86. The smallest absolute Gasteiger partial charge is 0.251 e. The largest absolute Gasteiger partial charge is 0.396 e. The van der Waals surface area contributed by atoms with E-state index in [2.05, 4.69) is 5.32 Å². The molecule has 1 aliphatic carbocycles. The molecule has 1 amide bonds. The van der Waals surface area contributed by atoms with Crippen molar-refractivity contribution in [2.45, 2.75) is 25.7 Å². The van der Waals surface area contributed by atoms with Gasteiger partial charge in [-0.05, 0) is 36.8 Å². The van der Waals surface area contributed by atoms with Crippen molar-refractivity contribution in [2.24, 2.45) is 11.8 Å². The predicted octanol–water partition coefficient (Wildman–Crippen LogP) is 2.22. The zero-order valence-corrected chi connectivity index (χ0v) is 10.6. The molecule has 0 radical (unpaired) electrons. The number of hydrogen-bond acceptors (Lipinski definition) is 2. The Labute approximate surface area is 108 Å². The zero-order chi connectivity index (χ0) is 12.8. The Hall–Kier alpha value is -1.35. The quantitative estimate of drug-likeness (QED) is 0.857. The first-order valence-corrected chi connectivity index (χ1v) is 6.75. The fourth-order valence-electron chi connectivity index (χ4n) is 2.71. The Morgan fingerprint density at radius 2 is 1.83 bits per heavy atom. The van der Waals surface area contributed by atoms with E-state index >= 15 is 0 Å². The fraction of sp³-hybridized carbons (Fsp3) is 0.533. The Morgan fingerprint density at radius 1 is 1.17 bits per heavy atom. The van der Waals surface area contributed by atoms with Gasteiger partial charge in [-0.15, -0.1) is 0 Å². The topological polar surface area (TPSA) is 49.3 Å². The Kier molecular flexibility index (Phi) is 4.76. The van der Waals surface area contributed by atoms with Crippen LogP contribution in [0.4, 0.5) is 0 Å². The van der Waals surface area contributed by atoms with Crippen LogP contribution in [0, 0.1) is 11.8 Å². The van der Waals surface area contributed by atoms with Crippen molar-refractivity contribution in [3.8, 4) is 0 Å². The molecule has 18 heavy (non-hydrogen) atoms. The van der Waals surface area contributed by atoms with Gasteiger partial charge in [-0.1, -0.05) is 31.0 Å². The van der Waals surface area contributed by atoms with Crippen molar-refractivity contribution < 1.29 is 9.90 Å². The summed E-state index contributed by atoms with van der Waals surface area (Å²) in [6.45, 7) is 0.921. The molecule has 0 aliphatic heterocycles. The lowest BCUT2D eigenvalue weighted by Crippen LogP contribution is -2.35. The van der Waals surface area contributed by atoms with E-state index in [0.717, 1.165) is 12.8 Å². The van der Waals surface area contributed by atoms with Crippen LogP contribution >= 0.6 is 0 Å². The number of carbonyl (C=O) groups excluding carboxylic acids is 1. The molecule has 98 valence electrons. The number of aliphatic hydroxyl groups is 1. The average molecular weight is 247 g/mol. The second kappa shape index (κ2) is 6.55. The summed E-state index contributed by atoms with van der Waals surface area (Å²) in [6.07, 6.45) is 4.61. The highest BCUT2D eigenvalue weighted by molar-refractivity contribution is 5.94. The number of carbonyl (C=O) groups is 1. The van der Waals surface area contributed by atoms with Crippen molar-refractivity contribution in [3.05, 3.63) is 35.9 Å². The minimum absolute atomic E-state index is 0.0159. The van der Waals surface area contributed by atoms with Gasteiger partial charge in [-0.2, -0.15) is 0 Å². The summed E-state index contributed by atoms with van der Waals surface area (Å²) < 4.78 is 0. The van der Waals surface area contributed by atoms with E-state index in [-0.39, 0.29) is 12.5 Å². The number of aliphatic hydroxyl groups excluding tert-OH is 1. The van der Waals surface area contributed by atoms with Gasteiger partial charge in [0.2, 0.25) is 0 Å². The Bertz CT molecular complexity index is 377. The molecule has 0 aromatic heterocycles. The molecule has 3 heteroatoms. The summed E-state index contributed by atoms with van der Waals surface area (Å²) in [5, 5.41) is 12.3. The standard InChI is InChI=1S/C15H21NO2/c17-11-14-9-5-4-8-13(14)10-16-15(18)12-6-2-1-3-7-12/h1-3,6-7,13-14,17H,4-5,8-11H2,(H,16,18). The molecular weight excluding hydrogens is 226 g/mol. The van der Waals surface area contributed by atoms with Crippen molar-refractivity contribution in [1.82, 2.24) is 5.32 Å². The van der Waals surface area contributed by atoms with Crippen LogP contribution in [0.25, 0.3) is 0 Å². The minimum Gasteiger partial charge on any atom is -0.396 e. The Balaban J connectivity index is 1.85. The normalized spacial score (nSPS) is 23.6. The molecule has 1 aliphatic rings. The van der Waals surface area contributed by atoms with Crippen molar-refractivity contribution >= 4 is 5.91 Å². The molecule has 3 nitrogen and oxygen atoms in total. The fourth-order valence-corrected chi connectivity index (χ4v) is 2.71. The predicted molar refractivity (Wildman–Crippen MR) is 71.3 cm³/mol. The molecular formula is C15H21NO2. The maximum absolute atomic E-state index is 11.9. The van der Waals surface area contributed by atoms with Crippen LogP contribution in [0.3, 0.4) is 0 Å². The van der Waals surface area contributed by atoms with Gasteiger partial charge in [0.15, 0.2) is 0 Å². The van der Waals surface area contributed by atoms with Gasteiger partial charge in [-0.3, -0.25) is 4.79 Å². The minimum atomic E-state index is -0.0159. The van der Waals surface area contributed by atoms with Crippen LogP contribution in [0.5, 0.6) is 0 Å². The third kappa shape index (κ3) is 3.33. The number of nitrogens with one attached hydrogen (secondary N) is 1. The molecule has 2 N–H and O–H groups in total. The lowest BCUT2D eigenvalue weighted by atomic mass is 9.79. The van der Waals surface area contributed by atoms with Crippen LogP contribution in [-0.4, -0.2) is 24.2 Å². The molecule has 0 heterocycles. The van der Waals surface area contributed by atoms with Gasteiger partial charge >= 0.3 is 0 Å². The molecule has 1 fully saturated rings. The lowest BCUT2D eigenvalue weighted by molar-refractivity contribution is 0.0909. The van der Waals surface area contributed by atoms with Crippen LogP contribution < -0.4 is 5.32 Å². The highest BCUT2D eigenvalue weighted by Gasteiger charge is 2.24. The van der Waals surface area contributed by atoms with Crippen LogP contribution in [-0.2, 0) is 0 Å². The number of rotatable bonds is 4. The van der Waals surface area contributed by atoms with Crippen LogP contribution in [0.1, 0.15) is 36.0 Å². The highest BCUT2D eigenvalue weighted by atomic mass is 16.3. The maximum Gasteiger partial charge on any atom is 0.251 e. The molecule has 0 bridgehead atoms. The van der Waals surface area contributed by atoms with E-state index in [1.807, 2.05) is 30.3 Å². The average Bonchev–Trinajstić information content (AvgIpc) is 2.46. The number of amides is 1. The first-order chi connectivity index (χ1) is 8.81. The monoisotopic (exact) mass is 247 g/mol. The van der Waals surface area contributed by atoms with E-state index < -0.39 is 0 Å². The van der Waals surface area contributed by atoms with Crippen LogP contribution in [0.2, 0.25) is 0 Å². The van der Waals surface area contributed by atoms with Gasteiger partial charge in [-0.25, -0.2) is 0 Å². The second-order valence-corrected chi connectivity index (χ2v) is 5.06. The molecule has 1 aromatic rings. The zero-order valence-electron chi connectivity index (χ0n) is 10.6. The van der Waals surface area contributed by atoms with Gasteiger partial charge in [0, 0.05) is 18.7 Å². The molecule has 0 spiro atoms. The summed E-state index contributed by atoms with van der Waals surface area (Å²) in [5.74, 6) is 0.768. The second-order valence-electron chi connectivity index (χ2n) is 5.06. The summed E-state index contributed by atoms with van der Waals surface area (Å²) in [4.78, 5) is 11.9. The van der Waals surface area contributed by atoms with E-state index in [1.54, 1.807) is 0 Å². The van der Waals surface area contributed by atoms with Crippen molar-refractivity contribution in [2.75, 3.05) is 13.2 Å². The van der Waals surface area contributed by atoms with E-state index in [0.29, 0.717) is 23.9 Å². The molecule has 1 saturated carbocycles. The summed E-state index contributed by atoms with van der Waals surface area (Å²) in [6, 6.07) is 9.28.